The van der Waals surface area contributed by atoms with Gasteiger partial charge in [-0.15, -0.1) is 0 Å². The lowest BCUT2D eigenvalue weighted by molar-refractivity contribution is -0.139. The van der Waals surface area contributed by atoms with Gasteiger partial charge in [0.25, 0.3) is 0 Å². The van der Waals surface area contributed by atoms with Crippen LogP contribution in [0.5, 0.6) is 0 Å². The van der Waals surface area contributed by atoms with Gasteiger partial charge in [-0.3, -0.25) is 4.79 Å². The van der Waals surface area contributed by atoms with Crippen LogP contribution in [0.25, 0.3) is 0 Å². The molecular weight excluding hydrogens is 204 g/mol. The zero-order valence-electron chi connectivity index (χ0n) is 10.4. The molecule has 0 spiro atoms. The number of likely N-dealkylation sites (tertiary alicyclic amines) is 1. The molecule has 2 atom stereocenters. The number of rotatable bonds is 6. The third-order valence-electron chi connectivity index (χ3n) is 3.04. The van der Waals surface area contributed by atoms with Crippen LogP contribution in [0.1, 0.15) is 33.1 Å². The molecule has 2 unspecified atom stereocenters. The fraction of sp³-hybridized carbons (Fsp3) is 0.917. The summed E-state index contributed by atoms with van der Waals surface area (Å²) in [6.07, 6.45) is 2.66. The van der Waals surface area contributed by atoms with Crippen LogP contribution in [0.2, 0.25) is 0 Å². The summed E-state index contributed by atoms with van der Waals surface area (Å²) >= 11 is 0. The molecule has 0 aromatic carbocycles. The van der Waals surface area contributed by atoms with Gasteiger partial charge in [0.1, 0.15) is 0 Å². The van der Waals surface area contributed by atoms with Crippen molar-refractivity contribution in [2.45, 2.75) is 39.2 Å². The van der Waals surface area contributed by atoms with Crippen molar-refractivity contribution in [1.29, 1.82) is 0 Å². The maximum absolute atomic E-state index is 11.8. The lowest BCUT2D eigenvalue weighted by atomic mass is 9.99. The van der Waals surface area contributed by atoms with E-state index in [0.717, 1.165) is 32.4 Å². The second kappa shape index (κ2) is 6.86. The van der Waals surface area contributed by atoms with Gasteiger partial charge in [0.05, 0.1) is 6.10 Å². The summed E-state index contributed by atoms with van der Waals surface area (Å²) < 4.78 is 0. The van der Waals surface area contributed by atoms with E-state index in [4.69, 9.17) is 0 Å². The highest BCUT2D eigenvalue weighted by Crippen LogP contribution is 2.17. The SMILES string of the molecule is CCCNCC(O)CN1CCCC(C)C1=O. The fourth-order valence-electron chi connectivity index (χ4n) is 2.08. The molecular formula is C12H24N2O2. The number of hydrogen-bond donors (Lipinski definition) is 2. The molecule has 0 radical (unpaired) electrons. The highest BCUT2D eigenvalue weighted by Gasteiger charge is 2.26. The van der Waals surface area contributed by atoms with Crippen molar-refractivity contribution in [3.63, 3.8) is 0 Å². The van der Waals surface area contributed by atoms with Crippen LogP contribution in [0.4, 0.5) is 0 Å². The van der Waals surface area contributed by atoms with Gasteiger partial charge in [-0.1, -0.05) is 13.8 Å². The normalized spacial score (nSPS) is 23.6. The first kappa shape index (κ1) is 13.5. The Morgan fingerprint density at radius 3 is 3.06 bits per heavy atom. The van der Waals surface area contributed by atoms with Gasteiger partial charge in [-0.2, -0.15) is 0 Å². The van der Waals surface area contributed by atoms with E-state index in [1.54, 1.807) is 4.90 Å². The molecule has 1 fully saturated rings. The number of aliphatic hydroxyl groups is 1. The zero-order valence-corrected chi connectivity index (χ0v) is 10.4. The average molecular weight is 228 g/mol. The van der Waals surface area contributed by atoms with Crippen LogP contribution in [-0.2, 0) is 4.79 Å². The Morgan fingerprint density at radius 1 is 1.62 bits per heavy atom. The maximum Gasteiger partial charge on any atom is 0.225 e. The Hall–Kier alpha value is -0.610. The summed E-state index contributed by atoms with van der Waals surface area (Å²) in [5.74, 6) is 0.324. The second-order valence-electron chi connectivity index (χ2n) is 4.69. The van der Waals surface area contributed by atoms with Crippen molar-refractivity contribution in [3.8, 4) is 0 Å². The molecule has 16 heavy (non-hydrogen) atoms. The summed E-state index contributed by atoms with van der Waals surface area (Å²) in [6.45, 7) is 6.83. The molecule has 4 heteroatoms. The highest BCUT2D eigenvalue weighted by atomic mass is 16.3. The predicted octanol–water partition coefficient (Wildman–Crippen LogP) is 0.605. The van der Waals surface area contributed by atoms with Crippen molar-refractivity contribution < 1.29 is 9.90 Å². The summed E-state index contributed by atoms with van der Waals surface area (Å²) in [7, 11) is 0. The second-order valence-corrected chi connectivity index (χ2v) is 4.69. The van der Waals surface area contributed by atoms with Crippen molar-refractivity contribution in [3.05, 3.63) is 0 Å². The molecule has 1 rings (SSSR count). The molecule has 1 heterocycles. The molecule has 0 aliphatic carbocycles. The molecule has 1 aliphatic rings. The Balaban J connectivity index is 2.26. The first-order chi connectivity index (χ1) is 7.65. The van der Waals surface area contributed by atoms with Crippen LogP contribution in [0.15, 0.2) is 0 Å². The Morgan fingerprint density at radius 2 is 2.38 bits per heavy atom. The topological polar surface area (TPSA) is 52.6 Å². The van der Waals surface area contributed by atoms with Crippen molar-refractivity contribution in [2.75, 3.05) is 26.2 Å². The van der Waals surface area contributed by atoms with E-state index >= 15 is 0 Å². The zero-order chi connectivity index (χ0) is 12.0. The third-order valence-corrected chi connectivity index (χ3v) is 3.04. The van der Waals surface area contributed by atoms with E-state index in [0.29, 0.717) is 13.1 Å². The maximum atomic E-state index is 11.8. The van der Waals surface area contributed by atoms with E-state index in [2.05, 4.69) is 12.2 Å². The standard InChI is InChI=1S/C12H24N2O2/c1-3-6-13-8-11(15)9-14-7-4-5-10(2)12(14)16/h10-11,13,15H,3-9H2,1-2H3. The first-order valence-electron chi connectivity index (χ1n) is 6.32. The molecule has 94 valence electrons. The van der Waals surface area contributed by atoms with Crippen LogP contribution < -0.4 is 5.32 Å². The van der Waals surface area contributed by atoms with Crippen LogP contribution >= 0.6 is 0 Å². The molecule has 4 nitrogen and oxygen atoms in total. The van der Waals surface area contributed by atoms with E-state index in [1.807, 2.05) is 6.92 Å². The molecule has 0 aromatic rings. The number of β-amino-alcohol motifs (C(OH)–C–C–N with tert-alkyl or cyclic N) is 1. The molecule has 2 N–H and O–H groups in total. The van der Waals surface area contributed by atoms with E-state index in [1.165, 1.54) is 0 Å². The lowest BCUT2D eigenvalue weighted by Crippen LogP contribution is -2.46. The Kier molecular flexibility index (Phi) is 5.77. The number of carbonyl (C=O) groups is 1. The van der Waals surface area contributed by atoms with Crippen LogP contribution in [-0.4, -0.2) is 48.2 Å². The van der Waals surface area contributed by atoms with Crippen molar-refractivity contribution in [2.24, 2.45) is 5.92 Å². The Bertz CT molecular complexity index is 221. The summed E-state index contributed by atoms with van der Waals surface area (Å²) in [5, 5.41) is 12.9. The van der Waals surface area contributed by atoms with Crippen LogP contribution in [0, 0.1) is 5.92 Å². The molecule has 1 amide bonds. The first-order valence-corrected chi connectivity index (χ1v) is 6.32. The molecule has 1 saturated heterocycles. The van der Waals surface area contributed by atoms with Gasteiger partial charge in [0, 0.05) is 25.6 Å². The van der Waals surface area contributed by atoms with E-state index < -0.39 is 6.10 Å². The van der Waals surface area contributed by atoms with Gasteiger partial charge in [0.15, 0.2) is 0 Å². The fourth-order valence-corrected chi connectivity index (χ4v) is 2.08. The lowest BCUT2D eigenvalue weighted by Gasteiger charge is -2.32. The number of amides is 1. The summed E-state index contributed by atoms with van der Waals surface area (Å²) in [6, 6.07) is 0. The number of nitrogens with zero attached hydrogens (tertiary/aromatic N) is 1. The number of piperidine rings is 1. The minimum atomic E-state index is -0.444. The van der Waals surface area contributed by atoms with Crippen LogP contribution in [0.3, 0.4) is 0 Å². The Labute approximate surface area is 98.0 Å². The summed E-state index contributed by atoms with van der Waals surface area (Å²) in [4.78, 5) is 13.6. The average Bonchev–Trinajstić information content (AvgIpc) is 2.25. The van der Waals surface area contributed by atoms with Gasteiger partial charge in [-0.25, -0.2) is 0 Å². The van der Waals surface area contributed by atoms with Crippen molar-refractivity contribution >= 4 is 5.91 Å². The van der Waals surface area contributed by atoms with E-state index in [-0.39, 0.29) is 11.8 Å². The minimum Gasteiger partial charge on any atom is -0.390 e. The van der Waals surface area contributed by atoms with Gasteiger partial charge >= 0.3 is 0 Å². The molecule has 0 saturated carbocycles. The number of nitrogens with one attached hydrogen (secondary N) is 1. The number of aliphatic hydroxyl groups excluding tert-OH is 1. The quantitative estimate of drug-likeness (QED) is 0.655. The third kappa shape index (κ3) is 4.10. The number of hydrogen-bond acceptors (Lipinski definition) is 3. The van der Waals surface area contributed by atoms with Gasteiger partial charge in [-0.05, 0) is 25.8 Å². The molecule has 0 bridgehead atoms. The van der Waals surface area contributed by atoms with E-state index in [9.17, 15) is 9.90 Å². The van der Waals surface area contributed by atoms with Crippen molar-refractivity contribution in [1.82, 2.24) is 10.2 Å². The highest BCUT2D eigenvalue weighted by molar-refractivity contribution is 5.79. The molecule has 0 aromatic heterocycles. The van der Waals surface area contributed by atoms with Gasteiger partial charge < -0.3 is 15.3 Å². The summed E-state index contributed by atoms with van der Waals surface area (Å²) in [5.41, 5.74) is 0. The van der Waals surface area contributed by atoms with Gasteiger partial charge in [0.2, 0.25) is 5.91 Å². The monoisotopic (exact) mass is 228 g/mol. The minimum absolute atomic E-state index is 0.129. The predicted molar refractivity (Wildman–Crippen MR) is 64.1 cm³/mol. The smallest absolute Gasteiger partial charge is 0.225 e. The largest absolute Gasteiger partial charge is 0.390 e. The molecule has 1 aliphatic heterocycles. The number of carbonyl (C=O) groups excluding carboxylic acids is 1.